The van der Waals surface area contributed by atoms with Crippen molar-refractivity contribution in [2.24, 2.45) is 0 Å². The monoisotopic (exact) mass is 258 g/mol. The highest BCUT2D eigenvalue weighted by Crippen LogP contribution is 2.18. The Morgan fingerprint density at radius 3 is 2.78 bits per heavy atom. The molecule has 1 rings (SSSR count). The molecule has 1 N–H and O–H groups in total. The van der Waals surface area contributed by atoms with E-state index in [0.29, 0.717) is 12.1 Å². The Balaban J connectivity index is 2.46. The smallest absolute Gasteiger partial charge is 0.0775 e. The molecule has 2 atom stereocenters. The molecule has 4 heteroatoms. The van der Waals surface area contributed by atoms with Crippen LogP contribution in [0.1, 0.15) is 34.1 Å². The van der Waals surface area contributed by atoms with Crippen molar-refractivity contribution in [3.63, 3.8) is 0 Å². The Hall–Kier alpha value is -0.160. The van der Waals surface area contributed by atoms with Crippen LogP contribution in [0.3, 0.4) is 0 Å². The molecule has 0 spiro atoms. The number of morpholine rings is 1. The number of ether oxygens (including phenoxy) is 2. The molecule has 1 saturated heterocycles. The number of nitrogens with zero attached hydrogens (tertiary/aromatic N) is 1. The lowest BCUT2D eigenvalue weighted by molar-refractivity contribution is -0.0274. The highest BCUT2D eigenvalue weighted by molar-refractivity contribution is 4.86. The van der Waals surface area contributed by atoms with Gasteiger partial charge in [-0.3, -0.25) is 4.90 Å². The summed E-state index contributed by atoms with van der Waals surface area (Å²) in [5.41, 5.74) is -0.120. The van der Waals surface area contributed by atoms with Gasteiger partial charge in [0.05, 0.1) is 18.8 Å². The van der Waals surface area contributed by atoms with E-state index in [1.807, 2.05) is 0 Å². The molecular weight excluding hydrogens is 228 g/mol. The Kier molecular flexibility index (Phi) is 6.57. The van der Waals surface area contributed by atoms with E-state index < -0.39 is 0 Å². The van der Waals surface area contributed by atoms with Gasteiger partial charge >= 0.3 is 0 Å². The van der Waals surface area contributed by atoms with E-state index in [0.717, 1.165) is 39.3 Å². The SMILES string of the molecule is CCNC(CCN1CCOCC1C)C(C)(C)OC. The lowest BCUT2D eigenvalue weighted by atomic mass is 9.95. The molecule has 0 amide bonds. The van der Waals surface area contributed by atoms with Crippen LogP contribution in [-0.2, 0) is 9.47 Å². The van der Waals surface area contributed by atoms with Crippen LogP contribution in [0.2, 0.25) is 0 Å². The number of nitrogens with one attached hydrogen (secondary N) is 1. The van der Waals surface area contributed by atoms with Crippen molar-refractivity contribution in [3.05, 3.63) is 0 Å². The highest BCUT2D eigenvalue weighted by Gasteiger charge is 2.29. The summed E-state index contributed by atoms with van der Waals surface area (Å²) in [6.45, 7) is 13.6. The van der Waals surface area contributed by atoms with E-state index in [9.17, 15) is 0 Å². The Labute approximate surface area is 112 Å². The molecule has 0 radical (unpaired) electrons. The first-order chi connectivity index (χ1) is 8.51. The fraction of sp³-hybridized carbons (Fsp3) is 1.00. The lowest BCUT2D eigenvalue weighted by Gasteiger charge is -2.38. The molecule has 18 heavy (non-hydrogen) atoms. The first-order valence-electron chi connectivity index (χ1n) is 7.11. The van der Waals surface area contributed by atoms with Crippen LogP contribution in [0.4, 0.5) is 0 Å². The van der Waals surface area contributed by atoms with Crippen molar-refractivity contribution in [2.45, 2.75) is 51.8 Å². The molecular formula is C14H30N2O2. The van der Waals surface area contributed by atoms with Crippen molar-refractivity contribution >= 4 is 0 Å². The van der Waals surface area contributed by atoms with Crippen LogP contribution in [-0.4, -0.2) is 62.5 Å². The predicted molar refractivity (Wildman–Crippen MR) is 75.0 cm³/mol. The van der Waals surface area contributed by atoms with Crippen molar-refractivity contribution in [2.75, 3.05) is 40.0 Å². The number of rotatable bonds is 7. The van der Waals surface area contributed by atoms with Crippen molar-refractivity contribution in [1.29, 1.82) is 0 Å². The van der Waals surface area contributed by atoms with Gasteiger partial charge in [-0.15, -0.1) is 0 Å². The zero-order valence-corrected chi connectivity index (χ0v) is 12.7. The molecule has 1 heterocycles. The van der Waals surface area contributed by atoms with E-state index in [2.05, 4.69) is 37.9 Å². The third-order valence-electron chi connectivity index (χ3n) is 4.03. The minimum atomic E-state index is -0.120. The van der Waals surface area contributed by atoms with Crippen LogP contribution in [0, 0.1) is 0 Å². The summed E-state index contributed by atoms with van der Waals surface area (Å²) in [4.78, 5) is 2.51. The van der Waals surface area contributed by atoms with Crippen molar-refractivity contribution in [1.82, 2.24) is 10.2 Å². The van der Waals surface area contributed by atoms with Gasteiger partial charge in [0, 0.05) is 32.3 Å². The van der Waals surface area contributed by atoms with E-state index in [4.69, 9.17) is 9.47 Å². The molecule has 108 valence electrons. The molecule has 0 aromatic heterocycles. The van der Waals surface area contributed by atoms with Gasteiger partial charge in [-0.2, -0.15) is 0 Å². The van der Waals surface area contributed by atoms with Crippen LogP contribution >= 0.6 is 0 Å². The maximum atomic E-state index is 5.61. The Bertz CT molecular complexity index is 234. The average molecular weight is 258 g/mol. The third-order valence-corrected chi connectivity index (χ3v) is 4.03. The zero-order chi connectivity index (χ0) is 13.6. The number of methoxy groups -OCH3 is 1. The second kappa shape index (κ2) is 7.43. The zero-order valence-electron chi connectivity index (χ0n) is 12.7. The van der Waals surface area contributed by atoms with Gasteiger partial charge in [-0.25, -0.2) is 0 Å². The predicted octanol–water partition coefficient (Wildman–Crippen LogP) is 1.50. The normalized spacial score (nSPS) is 24.2. The number of hydrogen-bond donors (Lipinski definition) is 1. The van der Waals surface area contributed by atoms with Gasteiger partial charge in [0.1, 0.15) is 0 Å². The summed E-state index contributed by atoms with van der Waals surface area (Å²) in [5, 5.41) is 3.55. The van der Waals surface area contributed by atoms with Crippen LogP contribution in [0.25, 0.3) is 0 Å². The quantitative estimate of drug-likeness (QED) is 0.750. The lowest BCUT2D eigenvalue weighted by Crippen LogP contribution is -2.51. The fourth-order valence-electron chi connectivity index (χ4n) is 2.47. The van der Waals surface area contributed by atoms with E-state index in [1.165, 1.54) is 0 Å². The van der Waals surface area contributed by atoms with Crippen molar-refractivity contribution in [3.8, 4) is 0 Å². The maximum Gasteiger partial charge on any atom is 0.0775 e. The molecule has 2 unspecified atom stereocenters. The van der Waals surface area contributed by atoms with Gasteiger partial charge < -0.3 is 14.8 Å². The van der Waals surface area contributed by atoms with Gasteiger partial charge in [0.2, 0.25) is 0 Å². The standard InChI is InChI=1S/C14H30N2O2/c1-6-15-13(14(3,4)17-5)7-8-16-9-10-18-11-12(16)2/h12-13,15H,6-11H2,1-5H3. The molecule has 1 fully saturated rings. The van der Waals surface area contributed by atoms with Gasteiger partial charge in [0.15, 0.2) is 0 Å². The summed E-state index contributed by atoms with van der Waals surface area (Å²) < 4.78 is 11.1. The van der Waals surface area contributed by atoms with Crippen molar-refractivity contribution < 1.29 is 9.47 Å². The molecule has 0 saturated carbocycles. The average Bonchev–Trinajstić information content (AvgIpc) is 2.36. The third kappa shape index (κ3) is 4.50. The summed E-state index contributed by atoms with van der Waals surface area (Å²) in [7, 11) is 1.79. The van der Waals surface area contributed by atoms with E-state index in [-0.39, 0.29) is 5.60 Å². The second-order valence-electron chi connectivity index (χ2n) is 5.67. The second-order valence-corrected chi connectivity index (χ2v) is 5.67. The molecule has 0 bridgehead atoms. The topological polar surface area (TPSA) is 33.7 Å². The summed E-state index contributed by atoms with van der Waals surface area (Å²) >= 11 is 0. The van der Waals surface area contributed by atoms with Crippen LogP contribution < -0.4 is 5.32 Å². The largest absolute Gasteiger partial charge is 0.379 e. The first-order valence-corrected chi connectivity index (χ1v) is 7.11. The fourth-order valence-corrected chi connectivity index (χ4v) is 2.47. The molecule has 1 aliphatic rings. The summed E-state index contributed by atoms with van der Waals surface area (Å²) in [5.74, 6) is 0. The first kappa shape index (κ1) is 15.9. The molecule has 4 nitrogen and oxygen atoms in total. The molecule has 0 aromatic rings. The minimum Gasteiger partial charge on any atom is -0.379 e. The number of likely N-dealkylation sites (N-methyl/N-ethyl adjacent to an activating group) is 1. The van der Waals surface area contributed by atoms with Crippen LogP contribution in [0.5, 0.6) is 0 Å². The van der Waals surface area contributed by atoms with Crippen LogP contribution in [0.15, 0.2) is 0 Å². The summed E-state index contributed by atoms with van der Waals surface area (Å²) in [6, 6.07) is 0.925. The van der Waals surface area contributed by atoms with Gasteiger partial charge in [-0.1, -0.05) is 6.92 Å². The Morgan fingerprint density at radius 2 is 2.22 bits per heavy atom. The Morgan fingerprint density at radius 1 is 1.50 bits per heavy atom. The molecule has 1 aliphatic heterocycles. The minimum absolute atomic E-state index is 0.120. The van der Waals surface area contributed by atoms with Gasteiger partial charge in [-0.05, 0) is 33.7 Å². The maximum absolute atomic E-state index is 5.61. The molecule has 0 aliphatic carbocycles. The van der Waals surface area contributed by atoms with E-state index in [1.54, 1.807) is 7.11 Å². The highest BCUT2D eigenvalue weighted by atomic mass is 16.5. The summed E-state index contributed by atoms with van der Waals surface area (Å²) in [6.07, 6.45) is 1.11. The number of hydrogen-bond acceptors (Lipinski definition) is 4. The van der Waals surface area contributed by atoms with Gasteiger partial charge in [0.25, 0.3) is 0 Å². The van der Waals surface area contributed by atoms with E-state index >= 15 is 0 Å². The molecule has 0 aromatic carbocycles.